The summed E-state index contributed by atoms with van der Waals surface area (Å²) in [4.78, 5) is 0. The molecule has 0 N–H and O–H groups in total. The zero-order chi connectivity index (χ0) is 28.1. The van der Waals surface area contributed by atoms with E-state index in [1.807, 2.05) is 11.1 Å². The molecule has 0 aromatic heterocycles. The normalized spacial score (nSPS) is 28.9. The predicted octanol–water partition coefficient (Wildman–Crippen LogP) is 6.28. The Morgan fingerprint density at radius 1 is 0.444 bits per heavy atom. The summed E-state index contributed by atoms with van der Waals surface area (Å²) < 4.78 is 3.72. The van der Waals surface area contributed by atoms with Crippen molar-refractivity contribution in [3.05, 3.63) is 106 Å². The maximum atomic E-state index is 2.82. The summed E-state index contributed by atoms with van der Waals surface area (Å²) in [5.41, 5.74) is 10.7. The van der Waals surface area contributed by atoms with Crippen LogP contribution in [-0.4, -0.2) is 0 Å². The third-order valence-corrected chi connectivity index (χ3v) is 30.4. The van der Waals surface area contributed by atoms with Crippen LogP contribution in [0.2, 0.25) is 7.25 Å². The van der Waals surface area contributed by atoms with Gasteiger partial charge in [0.1, 0.15) is 0 Å². The molecule has 1 heterocycles. The zero-order valence-electron chi connectivity index (χ0n) is 26.3. The molecule has 4 aromatic carbocycles. The topological polar surface area (TPSA) is 0 Å². The Kier molecular flexibility index (Phi) is 8.03. The molecule has 230 valence electrons. The van der Waals surface area contributed by atoms with Gasteiger partial charge in [-0.2, -0.15) is 0 Å². The van der Waals surface area contributed by atoms with Crippen LogP contribution in [0.5, 0.6) is 0 Å². The Morgan fingerprint density at radius 2 is 0.844 bits per heavy atom. The van der Waals surface area contributed by atoms with E-state index in [1.54, 1.807) is 22.3 Å². The van der Waals surface area contributed by atoms with Crippen molar-refractivity contribution in [1.82, 2.24) is 0 Å². The zero-order valence-corrected chi connectivity index (χ0v) is 30.3. The second-order valence-electron chi connectivity index (χ2n) is 15.2. The summed E-state index contributed by atoms with van der Waals surface area (Å²) in [6.07, 6.45) is 23.2. The average molecular weight is 711 g/mol. The van der Waals surface area contributed by atoms with E-state index in [1.165, 1.54) is 98.6 Å². The van der Waals surface area contributed by atoms with Gasteiger partial charge in [-0.25, -0.2) is 0 Å². The van der Waals surface area contributed by atoms with Crippen LogP contribution >= 0.6 is 0 Å². The van der Waals surface area contributed by atoms with Crippen LogP contribution in [0.15, 0.2) is 83.9 Å². The van der Waals surface area contributed by atoms with Crippen molar-refractivity contribution in [2.75, 3.05) is 0 Å². The quantitative estimate of drug-likeness (QED) is 0.234. The van der Waals surface area contributed by atoms with E-state index in [9.17, 15) is 0 Å². The van der Waals surface area contributed by atoms with Gasteiger partial charge < -0.3 is 24.8 Å². The summed E-state index contributed by atoms with van der Waals surface area (Å²) in [5, 5.41) is 5.91. The third kappa shape index (κ3) is 4.39. The Bertz CT molecular complexity index is 1700. The summed E-state index contributed by atoms with van der Waals surface area (Å²) in [6, 6.07) is 28.9. The fourth-order valence-corrected chi connectivity index (χ4v) is 35.2. The molecule has 4 atom stereocenters. The molecule has 3 saturated carbocycles. The van der Waals surface area contributed by atoms with Gasteiger partial charge in [0.25, 0.3) is 0 Å². The van der Waals surface area contributed by atoms with Gasteiger partial charge in [0.05, 0.1) is 0 Å². The number of benzene rings is 4. The number of fused-ring (bicyclic) bond motifs is 7. The van der Waals surface area contributed by atoms with Gasteiger partial charge in [-0.15, -0.1) is 0 Å². The van der Waals surface area contributed by atoms with E-state index >= 15 is 0 Å². The summed E-state index contributed by atoms with van der Waals surface area (Å²) in [7, 11) is 0. The van der Waals surface area contributed by atoms with E-state index in [0.29, 0.717) is 0 Å². The van der Waals surface area contributed by atoms with Crippen LogP contribution in [0, 0.1) is 11.8 Å². The molecule has 4 fully saturated rings. The molecule has 6 aliphatic rings. The molecule has 4 aromatic rings. The van der Waals surface area contributed by atoms with E-state index in [4.69, 9.17) is 0 Å². The summed E-state index contributed by atoms with van der Waals surface area (Å²) in [6.45, 7) is 0. The maximum Gasteiger partial charge on any atom is -1.00 e. The molecule has 1 saturated heterocycles. The molecule has 3 heteroatoms. The van der Waals surface area contributed by atoms with E-state index < -0.39 is 20.3 Å². The first-order valence-corrected chi connectivity index (χ1v) is 23.5. The van der Waals surface area contributed by atoms with Crippen LogP contribution in [0.4, 0.5) is 0 Å². The smallest absolute Gasteiger partial charge is 1.00 e. The number of rotatable bonds is 4. The Balaban J connectivity index is 0.00000150. The predicted molar refractivity (Wildman–Crippen MR) is 179 cm³/mol. The van der Waals surface area contributed by atoms with Gasteiger partial charge in [0, 0.05) is 0 Å². The third-order valence-electron chi connectivity index (χ3n) is 13.5. The number of allylic oxidation sites excluding steroid dienone is 2. The van der Waals surface area contributed by atoms with Crippen molar-refractivity contribution in [2.45, 2.75) is 91.6 Å². The maximum absolute atomic E-state index is 2.98. The van der Waals surface area contributed by atoms with Crippen LogP contribution in [-0.2, 0) is 20.3 Å². The van der Waals surface area contributed by atoms with Crippen LogP contribution < -0.4 is 24.8 Å². The van der Waals surface area contributed by atoms with Gasteiger partial charge in [-0.1, -0.05) is 0 Å². The molecule has 0 bridgehead atoms. The first kappa shape index (κ1) is 30.7. The number of halogens is 2. The summed E-state index contributed by atoms with van der Waals surface area (Å²) >= 11 is -2.98. The van der Waals surface area contributed by atoms with Gasteiger partial charge in [-0.05, 0) is 0 Å². The molecular formula is C42H44Cl2Zr. The first-order chi connectivity index (χ1) is 21.3. The summed E-state index contributed by atoms with van der Waals surface area (Å²) in [5.74, 6) is 1.65. The molecule has 1 aliphatic heterocycles. The largest absolute Gasteiger partial charge is 1.00 e. The van der Waals surface area contributed by atoms with Crippen LogP contribution in [0.1, 0.15) is 107 Å². The fourth-order valence-electron chi connectivity index (χ4n) is 11.9. The Labute approximate surface area is 286 Å². The monoisotopic (exact) mass is 708 g/mol. The van der Waals surface area contributed by atoms with Crippen molar-refractivity contribution >= 4 is 33.7 Å². The molecule has 10 rings (SSSR count). The van der Waals surface area contributed by atoms with E-state index in [0.717, 1.165) is 26.3 Å². The van der Waals surface area contributed by atoms with E-state index in [2.05, 4.69) is 84.9 Å². The minimum atomic E-state index is -2.98. The second kappa shape index (κ2) is 11.8. The van der Waals surface area contributed by atoms with Crippen molar-refractivity contribution in [3.8, 4) is 0 Å². The van der Waals surface area contributed by atoms with Crippen molar-refractivity contribution in [3.63, 3.8) is 0 Å². The van der Waals surface area contributed by atoms with Gasteiger partial charge in [0.2, 0.25) is 0 Å². The first-order valence-electron chi connectivity index (χ1n) is 17.8. The molecule has 0 nitrogen and oxygen atoms in total. The minimum absolute atomic E-state index is 0. The molecule has 0 amide bonds. The Morgan fingerprint density at radius 3 is 1.29 bits per heavy atom. The molecule has 45 heavy (non-hydrogen) atoms. The van der Waals surface area contributed by atoms with Crippen molar-refractivity contribution in [2.24, 2.45) is 11.8 Å². The second-order valence-corrected chi connectivity index (χ2v) is 26.6. The molecule has 5 aliphatic carbocycles. The number of hydrogen-bond acceptors (Lipinski definition) is 0. The molecule has 0 radical (unpaired) electrons. The molecule has 0 spiro atoms. The molecular weight excluding hydrogens is 667 g/mol. The van der Waals surface area contributed by atoms with Crippen molar-refractivity contribution < 1.29 is 45.1 Å². The van der Waals surface area contributed by atoms with Gasteiger partial charge in [0.15, 0.2) is 0 Å². The van der Waals surface area contributed by atoms with Crippen LogP contribution in [0.3, 0.4) is 0 Å². The fraction of sp³-hybridized carbons (Fsp3) is 0.429. The van der Waals surface area contributed by atoms with Gasteiger partial charge >= 0.3 is 264 Å². The van der Waals surface area contributed by atoms with Crippen molar-refractivity contribution in [1.29, 1.82) is 0 Å². The van der Waals surface area contributed by atoms with E-state index in [-0.39, 0.29) is 24.8 Å². The average Bonchev–Trinajstić information content (AvgIpc) is 3.72. The van der Waals surface area contributed by atoms with Gasteiger partial charge in [-0.3, -0.25) is 0 Å². The standard InChI is InChI=1S/2C18H17.C6H10.2ClH.Zr/c2*1-2-6-13(5-1)16-11-15-10-9-14-7-3-4-8-17(14)18(15)12-16;1-2-4-6-5-3-1;;;/h2*3-4,7-13H,1-2,5-6H2;1-2H,3-6H2;2*1H;/q;;;;;+2/p-2. The minimum Gasteiger partial charge on any atom is -1.00 e. The number of hydrogen-bond donors (Lipinski definition) is 0. The molecule has 4 unspecified atom stereocenters. The Hall–Kier alpha value is -1.66. The van der Waals surface area contributed by atoms with Crippen LogP contribution in [0.25, 0.3) is 33.7 Å². The SMILES string of the molecule is C1=C(C2CCCC2)[CH]([Zr+2]2([CH]3C(C4CCCC4)=Cc4c3ccc3ccccc43)[CH]3CCCC[CH]32)c2ccc3ccccc3c21.[Cl-].[Cl-].